The van der Waals surface area contributed by atoms with Crippen molar-refractivity contribution >= 4 is 34.7 Å². The van der Waals surface area contributed by atoms with Gasteiger partial charge in [0.25, 0.3) is 0 Å². The van der Waals surface area contributed by atoms with Crippen molar-refractivity contribution < 1.29 is 0 Å². The molecule has 0 saturated carbocycles. The molecule has 8 heteroatoms. The molecule has 2 N–H and O–H groups in total. The summed E-state index contributed by atoms with van der Waals surface area (Å²) in [5.74, 6) is 0.697. The van der Waals surface area contributed by atoms with E-state index in [4.69, 9.17) is 23.8 Å². The SMILES string of the molecule is Cn1ccc(CNC(=S)Nc2ccn(Cc3ccc(Cl)cc3)n2)n1. The Balaban J connectivity index is 1.51. The van der Waals surface area contributed by atoms with E-state index in [1.165, 1.54) is 0 Å². The van der Waals surface area contributed by atoms with Gasteiger partial charge >= 0.3 is 0 Å². The monoisotopic (exact) mass is 360 g/mol. The first-order valence-electron chi connectivity index (χ1n) is 7.40. The van der Waals surface area contributed by atoms with Crippen LogP contribution in [0, 0.1) is 0 Å². The fourth-order valence-electron chi connectivity index (χ4n) is 2.18. The van der Waals surface area contributed by atoms with Gasteiger partial charge in [0, 0.05) is 30.5 Å². The van der Waals surface area contributed by atoms with Crippen LogP contribution in [0.1, 0.15) is 11.3 Å². The van der Waals surface area contributed by atoms with Gasteiger partial charge in [-0.2, -0.15) is 10.2 Å². The van der Waals surface area contributed by atoms with Gasteiger partial charge < -0.3 is 10.6 Å². The van der Waals surface area contributed by atoms with Crippen LogP contribution in [0.2, 0.25) is 5.02 Å². The summed E-state index contributed by atoms with van der Waals surface area (Å²) in [6.07, 6.45) is 3.80. The number of nitrogens with zero attached hydrogens (tertiary/aromatic N) is 4. The van der Waals surface area contributed by atoms with Crippen molar-refractivity contribution in [3.05, 3.63) is 65.1 Å². The minimum Gasteiger partial charge on any atom is -0.357 e. The summed E-state index contributed by atoms with van der Waals surface area (Å²) in [4.78, 5) is 0. The molecule has 3 rings (SSSR count). The molecule has 124 valence electrons. The Morgan fingerprint density at radius 3 is 2.62 bits per heavy atom. The molecule has 0 amide bonds. The molecule has 0 unspecified atom stereocenters. The highest BCUT2D eigenvalue weighted by Crippen LogP contribution is 2.11. The molecule has 0 aliphatic carbocycles. The van der Waals surface area contributed by atoms with E-state index in [9.17, 15) is 0 Å². The van der Waals surface area contributed by atoms with E-state index in [2.05, 4.69) is 20.8 Å². The number of aryl methyl sites for hydroxylation is 1. The fourth-order valence-corrected chi connectivity index (χ4v) is 2.48. The minimum absolute atomic E-state index is 0.511. The summed E-state index contributed by atoms with van der Waals surface area (Å²) in [5.41, 5.74) is 2.06. The zero-order chi connectivity index (χ0) is 16.9. The number of hydrogen-bond donors (Lipinski definition) is 2. The molecule has 0 spiro atoms. The Kier molecular flexibility index (Phi) is 5.12. The number of aromatic nitrogens is 4. The lowest BCUT2D eigenvalue weighted by atomic mass is 10.2. The number of hydrogen-bond acceptors (Lipinski definition) is 3. The number of benzene rings is 1. The molecule has 0 atom stereocenters. The van der Waals surface area contributed by atoms with E-state index < -0.39 is 0 Å². The van der Waals surface area contributed by atoms with Crippen LogP contribution in [-0.2, 0) is 20.1 Å². The molecule has 6 nitrogen and oxygen atoms in total. The standard InChI is InChI=1S/C16H17ClN6S/c1-22-8-6-14(20-22)10-18-16(24)19-15-7-9-23(21-15)11-12-2-4-13(17)5-3-12/h2-9H,10-11H2,1H3,(H2,18,19,21,24). The van der Waals surface area contributed by atoms with Gasteiger partial charge in [-0.15, -0.1) is 0 Å². The van der Waals surface area contributed by atoms with Crippen molar-refractivity contribution in [1.82, 2.24) is 24.9 Å². The molecule has 2 aromatic heterocycles. The highest BCUT2D eigenvalue weighted by atomic mass is 35.5. The first-order chi connectivity index (χ1) is 11.6. The van der Waals surface area contributed by atoms with Crippen molar-refractivity contribution in [1.29, 1.82) is 0 Å². The number of rotatable bonds is 5. The van der Waals surface area contributed by atoms with Gasteiger partial charge in [-0.25, -0.2) is 0 Å². The average molecular weight is 361 g/mol. The maximum atomic E-state index is 5.89. The van der Waals surface area contributed by atoms with Crippen LogP contribution >= 0.6 is 23.8 Å². The topological polar surface area (TPSA) is 59.7 Å². The lowest BCUT2D eigenvalue weighted by Crippen LogP contribution is -2.28. The summed E-state index contributed by atoms with van der Waals surface area (Å²) < 4.78 is 3.60. The second kappa shape index (κ2) is 7.46. The third-order valence-corrected chi connectivity index (χ3v) is 3.84. The molecule has 0 saturated heterocycles. The van der Waals surface area contributed by atoms with Crippen LogP contribution < -0.4 is 10.6 Å². The van der Waals surface area contributed by atoms with E-state index >= 15 is 0 Å². The summed E-state index contributed by atoms with van der Waals surface area (Å²) in [7, 11) is 1.88. The Morgan fingerprint density at radius 2 is 1.92 bits per heavy atom. The fraction of sp³-hybridized carbons (Fsp3) is 0.188. The molecule has 24 heavy (non-hydrogen) atoms. The summed E-state index contributed by atoms with van der Waals surface area (Å²) in [6.45, 7) is 1.24. The molecular formula is C16H17ClN6S. The Morgan fingerprint density at radius 1 is 1.12 bits per heavy atom. The lowest BCUT2D eigenvalue weighted by molar-refractivity contribution is 0.689. The maximum Gasteiger partial charge on any atom is 0.172 e. The van der Waals surface area contributed by atoms with Gasteiger partial charge in [0.1, 0.15) is 0 Å². The third-order valence-electron chi connectivity index (χ3n) is 3.34. The van der Waals surface area contributed by atoms with Gasteiger partial charge in [0.15, 0.2) is 10.9 Å². The summed E-state index contributed by atoms with van der Waals surface area (Å²) >= 11 is 11.2. The molecule has 0 aliphatic rings. The first kappa shape index (κ1) is 16.5. The normalized spacial score (nSPS) is 10.6. The summed E-state index contributed by atoms with van der Waals surface area (Å²) in [5, 5.41) is 16.1. The maximum absolute atomic E-state index is 5.89. The van der Waals surface area contributed by atoms with Crippen molar-refractivity contribution in [2.75, 3.05) is 5.32 Å². The molecular weight excluding hydrogens is 344 g/mol. The first-order valence-corrected chi connectivity index (χ1v) is 8.18. The number of nitrogens with one attached hydrogen (secondary N) is 2. The highest BCUT2D eigenvalue weighted by molar-refractivity contribution is 7.80. The Labute approximate surface area is 150 Å². The van der Waals surface area contributed by atoms with Crippen molar-refractivity contribution in [3.8, 4) is 0 Å². The van der Waals surface area contributed by atoms with Crippen LogP contribution in [0.4, 0.5) is 5.82 Å². The minimum atomic E-state index is 0.511. The largest absolute Gasteiger partial charge is 0.357 e. The van der Waals surface area contributed by atoms with Crippen LogP contribution in [0.3, 0.4) is 0 Å². The van der Waals surface area contributed by atoms with E-state index in [1.807, 2.05) is 60.5 Å². The van der Waals surface area contributed by atoms with E-state index in [0.29, 0.717) is 24.0 Å². The van der Waals surface area contributed by atoms with E-state index in [1.54, 1.807) is 4.68 Å². The van der Waals surface area contributed by atoms with Gasteiger partial charge in [-0.05, 0) is 36.0 Å². The van der Waals surface area contributed by atoms with Crippen LogP contribution in [0.25, 0.3) is 0 Å². The summed E-state index contributed by atoms with van der Waals surface area (Å²) in [6, 6.07) is 11.5. The van der Waals surface area contributed by atoms with Gasteiger partial charge in [-0.1, -0.05) is 23.7 Å². The molecule has 1 aromatic carbocycles. The molecule has 0 radical (unpaired) electrons. The Hall–Kier alpha value is -2.38. The number of halogens is 1. The smallest absolute Gasteiger partial charge is 0.172 e. The van der Waals surface area contributed by atoms with E-state index in [0.717, 1.165) is 16.3 Å². The second-order valence-corrected chi connectivity index (χ2v) is 6.16. The van der Waals surface area contributed by atoms with Crippen LogP contribution in [0.15, 0.2) is 48.8 Å². The highest BCUT2D eigenvalue weighted by Gasteiger charge is 2.04. The lowest BCUT2D eigenvalue weighted by Gasteiger charge is -2.07. The number of thiocarbonyl (C=S) groups is 1. The third kappa shape index (κ3) is 4.56. The van der Waals surface area contributed by atoms with E-state index in [-0.39, 0.29) is 0 Å². The molecule has 0 fully saturated rings. The van der Waals surface area contributed by atoms with Crippen LogP contribution in [0.5, 0.6) is 0 Å². The quantitative estimate of drug-likeness (QED) is 0.685. The predicted molar refractivity (Wildman–Crippen MR) is 99.0 cm³/mol. The van der Waals surface area contributed by atoms with Crippen molar-refractivity contribution in [2.45, 2.75) is 13.1 Å². The zero-order valence-electron chi connectivity index (χ0n) is 13.1. The van der Waals surface area contributed by atoms with Gasteiger partial charge in [-0.3, -0.25) is 9.36 Å². The zero-order valence-corrected chi connectivity index (χ0v) is 14.7. The molecule has 3 aromatic rings. The van der Waals surface area contributed by atoms with Gasteiger partial charge in [0.2, 0.25) is 0 Å². The number of anilines is 1. The van der Waals surface area contributed by atoms with Crippen molar-refractivity contribution in [3.63, 3.8) is 0 Å². The average Bonchev–Trinajstić information content (AvgIpc) is 3.17. The van der Waals surface area contributed by atoms with Crippen LogP contribution in [-0.4, -0.2) is 24.7 Å². The van der Waals surface area contributed by atoms with Gasteiger partial charge in [0.05, 0.1) is 18.8 Å². The molecule has 0 aliphatic heterocycles. The Bertz CT molecular complexity index is 823. The predicted octanol–water partition coefficient (Wildman–Crippen LogP) is 2.80. The molecule has 2 heterocycles. The van der Waals surface area contributed by atoms with Crippen molar-refractivity contribution in [2.24, 2.45) is 7.05 Å². The molecule has 0 bridgehead atoms. The second-order valence-electron chi connectivity index (χ2n) is 5.31.